The summed E-state index contributed by atoms with van der Waals surface area (Å²) in [5, 5.41) is 9.23. The van der Waals surface area contributed by atoms with Crippen LogP contribution in [-0.4, -0.2) is 23.5 Å². The number of amides is 1. The molecule has 1 N–H and O–H groups in total. The number of fused-ring (bicyclic) bond motifs is 1. The minimum atomic E-state index is -1.01. The molecule has 0 unspecified atom stereocenters. The van der Waals surface area contributed by atoms with E-state index in [2.05, 4.69) is 0 Å². The Hall–Kier alpha value is -1.81. The zero-order valence-corrected chi connectivity index (χ0v) is 10.6. The molecule has 2 rings (SSSR count). The average Bonchev–Trinajstić information content (AvgIpc) is 2.55. The van der Waals surface area contributed by atoms with E-state index in [-0.39, 0.29) is 12.5 Å². The van der Waals surface area contributed by atoms with Crippen LogP contribution in [0.2, 0.25) is 5.02 Å². The van der Waals surface area contributed by atoms with Crippen molar-refractivity contribution >= 4 is 29.2 Å². The van der Waals surface area contributed by atoms with E-state index in [4.69, 9.17) is 16.7 Å². The highest BCUT2D eigenvalue weighted by atomic mass is 35.5. The highest BCUT2D eigenvalue weighted by molar-refractivity contribution is 6.31. The molecule has 0 aliphatic carbocycles. The first-order chi connectivity index (χ1) is 8.47. The van der Waals surface area contributed by atoms with Gasteiger partial charge in [-0.1, -0.05) is 17.7 Å². The molecular formula is C13H12ClNO3. The topological polar surface area (TPSA) is 57.6 Å². The molecule has 94 valence electrons. The average molecular weight is 266 g/mol. The number of halogens is 1. The van der Waals surface area contributed by atoms with E-state index in [1.165, 1.54) is 0 Å². The second-order valence-corrected chi connectivity index (χ2v) is 4.70. The van der Waals surface area contributed by atoms with E-state index >= 15 is 0 Å². The van der Waals surface area contributed by atoms with Gasteiger partial charge in [0, 0.05) is 23.3 Å². The molecule has 0 bridgehead atoms. The fourth-order valence-corrected chi connectivity index (χ4v) is 2.18. The Kier molecular flexibility index (Phi) is 3.39. The van der Waals surface area contributed by atoms with E-state index in [0.29, 0.717) is 17.0 Å². The summed E-state index contributed by atoms with van der Waals surface area (Å²) in [6.07, 6.45) is 1.45. The van der Waals surface area contributed by atoms with Crippen LogP contribution in [0.1, 0.15) is 12.5 Å². The minimum absolute atomic E-state index is 0.0367. The van der Waals surface area contributed by atoms with E-state index in [9.17, 15) is 9.59 Å². The van der Waals surface area contributed by atoms with Gasteiger partial charge in [0.2, 0.25) is 5.91 Å². The molecular weight excluding hydrogens is 254 g/mol. The Labute approximate surface area is 109 Å². The van der Waals surface area contributed by atoms with Crippen molar-refractivity contribution in [3.05, 3.63) is 40.4 Å². The Morgan fingerprint density at radius 1 is 1.56 bits per heavy atom. The Balaban J connectivity index is 2.28. The number of anilines is 1. The lowest BCUT2D eigenvalue weighted by Crippen LogP contribution is -2.28. The first kappa shape index (κ1) is 12.6. The van der Waals surface area contributed by atoms with Crippen LogP contribution in [0.15, 0.2) is 29.8 Å². The number of nitrogens with zero attached hydrogens (tertiary/aromatic N) is 1. The molecule has 0 saturated carbocycles. The number of hydrogen-bond acceptors (Lipinski definition) is 2. The van der Waals surface area contributed by atoms with Gasteiger partial charge in [-0.3, -0.25) is 4.79 Å². The molecule has 4 nitrogen and oxygen atoms in total. The van der Waals surface area contributed by atoms with Gasteiger partial charge in [0.05, 0.1) is 6.42 Å². The molecule has 1 aliphatic rings. The molecule has 0 spiro atoms. The number of carboxylic acid groups (broad SMARTS) is 1. The maximum absolute atomic E-state index is 11.9. The normalized spacial score (nSPS) is 14.9. The summed E-state index contributed by atoms with van der Waals surface area (Å²) in [5.74, 6) is -1.05. The van der Waals surface area contributed by atoms with Crippen molar-refractivity contribution in [3.8, 4) is 0 Å². The summed E-state index contributed by atoms with van der Waals surface area (Å²) in [5.41, 5.74) is 2.31. The van der Waals surface area contributed by atoms with Crippen molar-refractivity contribution in [2.24, 2.45) is 0 Å². The van der Waals surface area contributed by atoms with Crippen molar-refractivity contribution in [2.45, 2.75) is 13.3 Å². The van der Waals surface area contributed by atoms with Gasteiger partial charge in [-0.05, 0) is 30.2 Å². The van der Waals surface area contributed by atoms with Gasteiger partial charge < -0.3 is 10.0 Å². The maximum atomic E-state index is 11.9. The minimum Gasteiger partial charge on any atom is -0.478 e. The number of carbonyl (C=O) groups is 2. The van der Waals surface area contributed by atoms with Gasteiger partial charge in [0.25, 0.3) is 0 Å². The van der Waals surface area contributed by atoms with Crippen molar-refractivity contribution in [3.63, 3.8) is 0 Å². The van der Waals surface area contributed by atoms with Crippen LogP contribution in [0.25, 0.3) is 0 Å². The molecule has 1 aromatic carbocycles. The fourth-order valence-electron chi connectivity index (χ4n) is 2.01. The van der Waals surface area contributed by atoms with Gasteiger partial charge in [-0.2, -0.15) is 0 Å². The molecule has 5 heteroatoms. The number of carbonyl (C=O) groups excluding carboxylic acids is 1. The number of benzene rings is 1. The van der Waals surface area contributed by atoms with E-state index < -0.39 is 5.97 Å². The first-order valence-electron chi connectivity index (χ1n) is 5.46. The number of rotatable bonds is 3. The molecule has 1 aromatic rings. The molecule has 0 radical (unpaired) electrons. The summed E-state index contributed by atoms with van der Waals surface area (Å²) in [6, 6.07) is 5.30. The molecule has 0 fully saturated rings. The van der Waals surface area contributed by atoms with Crippen LogP contribution in [0.5, 0.6) is 0 Å². The zero-order chi connectivity index (χ0) is 13.3. The molecule has 0 atom stereocenters. The molecule has 18 heavy (non-hydrogen) atoms. The molecule has 0 aromatic heterocycles. The predicted octanol–water partition coefficient (Wildman–Crippen LogP) is 2.26. The van der Waals surface area contributed by atoms with Gasteiger partial charge in [-0.15, -0.1) is 0 Å². The smallest absolute Gasteiger partial charge is 0.328 e. The van der Waals surface area contributed by atoms with Crippen LogP contribution in [0, 0.1) is 0 Å². The van der Waals surface area contributed by atoms with Crippen LogP contribution in [0.4, 0.5) is 5.69 Å². The summed E-state index contributed by atoms with van der Waals surface area (Å²) in [7, 11) is 0. The van der Waals surface area contributed by atoms with Gasteiger partial charge >= 0.3 is 5.97 Å². The summed E-state index contributed by atoms with van der Waals surface area (Å²) in [4.78, 5) is 24.0. The van der Waals surface area contributed by atoms with Gasteiger partial charge in [0.1, 0.15) is 0 Å². The lowest BCUT2D eigenvalue weighted by atomic mass is 10.2. The number of aliphatic carboxylic acids is 1. The van der Waals surface area contributed by atoms with Crippen LogP contribution in [-0.2, 0) is 16.0 Å². The Morgan fingerprint density at radius 3 is 2.94 bits per heavy atom. The van der Waals surface area contributed by atoms with Crippen molar-refractivity contribution in [1.82, 2.24) is 0 Å². The Bertz CT molecular complexity index is 551. The maximum Gasteiger partial charge on any atom is 0.328 e. The van der Waals surface area contributed by atoms with Gasteiger partial charge in [-0.25, -0.2) is 4.79 Å². The first-order valence-corrected chi connectivity index (χ1v) is 5.84. The monoisotopic (exact) mass is 265 g/mol. The highest BCUT2D eigenvalue weighted by Gasteiger charge is 2.27. The largest absolute Gasteiger partial charge is 0.478 e. The second-order valence-electron chi connectivity index (χ2n) is 4.26. The third-order valence-corrected chi connectivity index (χ3v) is 2.99. The SMILES string of the molecule is C/C(=C\C(=O)O)CN1C(=O)Cc2ccc(Cl)cc21. The Morgan fingerprint density at radius 2 is 2.28 bits per heavy atom. The number of hydrogen-bond donors (Lipinski definition) is 1. The lowest BCUT2D eigenvalue weighted by molar-refractivity contribution is -0.131. The molecule has 1 amide bonds. The molecule has 1 aliphatic heterocycles. The fraction of sp³-hybridized carbons (Fsp3) is 0.231. The van der Waals surface area contributed by atoms with E-state index in [1.54, 1.807) is 24.0 Å². The van der Waals surface area contributed by atoms with Crippen LogP contribution in [0.3, 0.4) is 0 Å². The predicted molar refractivity (Wildman–Crippen MR) is 68.9 cm³/mol. The third-order valence-electron chi connectivity index (χ3n) is 2.76. The van der Waals surface area contributed by atoms with E-state index in [1.807, 2.05) is 6.07 Å². The van der Waals surface area contributed by atoms with Crippen molar-refractivity contribution in [1.29, 1.82) is 0 Å². The summed E-state index contributed by atoms with van der Waals surface area (Å²) in [6.45, 7) is 1.96. The van der Waals surface area contributed by atoms with Crippen molar-refractivity contribution in [2.75, 3.05) is 11.4 Å². The second kappa shape index (κ2) is 4.82. The highest BCUT2D eigenvalue weighted by Crippen LogP contribution is 2.31. The number of carboxylic acids is 1. The van der Waals surface area contributed by atoms with Crippen LogP contribution < -0.4 is 4.90 Å². The summed E-state index contributed by atoms with van der Waals surface area (Å²) < 4.78 is 0. The van der Waals surface area contributed by atoms with Crippen LogP contribution >= 0.6 is 11.6 Å². The van der Waals surface area contributed by atoms with Crippen molar-refractivity contribution < 1.29 is 14.7 Å². The molecule has 0 saturated heterocycles. The standard InChI is InChI=1S/C13H12ClNO3/c1-8(4-13(17)18)7-15-11-6-10(14)3-2-9(11)5-12(15)16/h2-4,6H,5,7H2,1H3,(H,17,18)/b8-4+. The zero-order valence-electron chi connectivity index (χ0n) is 9.81. The van der Waals surface area contributed by atoms with Gasteiger partial charge in [0.15, 0.2) is 0 Å². The lowest BCUT2D eigenvalue weighted by Gasteiger charge is -2.17. The summed E-state index contributed by atoms with van der Waals surface area (Å²) >= 11 is 5.91. The third kappa shape index (κ3) is 2.54. The quantitative estimate of drug-likeness (QED) is 0.853. The van der Waals surface area contributed by atoms with E-state index in [0.717, 1.165) is 17.3 Å². The molecule has 1 heterocycles.